The maximum Gasteiger partial charge on any atom is 0.490 e. The van der Waals surface area contributed by atoms with Gasteiger partial charge in [0.15, 0.2) is 0 Å². The normalized spacial score (nSPS) is 11.8. The molecule has 1 aromatic carbocycles. The number of para-hydroxylation sites is 1. The molecule has 0 spiro atoms. The third-order valence-corrected chi connectivity index (χ3v) is 5.72. The summed E-state index contributed by atoms with van der Waals surface area (Å²) in [6.45, 7) is 12.5. The van der Waals surface area contributed by atoms with E-state index in [9.17, 15) is 18.0 Å². The van der Waals surface area contributed by atoms with Crippen LogP contribution < -0.4 is 5.32 Å². The number of rotatable bonds is 8. The number of hydrogen-bond donors (Lipinski definition) is 2. The number of benzene rings is 1. The lowest BCUT2D eigenvalue weighted by molar-refractivity contribution is -0.192. The van der Waals surface area contributed by atoms with E-state index in [1.165, 1.54) is 10.9 Å². The number of nitrogens with zero attached hydrogens (tertiary/aromatic N) is 3. The molecule has 0 bridgehead atoms. The van der Waals surface area contributed by atoms with E-state index in [2.05, 4.69) is 78.4 Å². The zero-order valence-corrected chi connectivity index (χ0v) is 20.2. The maximum atomic E-state index is 12.9. The Balaban J connectivity index is 0.000000509. The first kappa shape index (κ1) is 27.2. The molecule has 0 fully saturated rings. The van der Waals surface area contributed by atoms with Gasteiger partial charge in [0.05, 0.1) is 16.6 Å². The first-order valence-corrected chi connectivity index (χ1v) is 11.3. The topological polar surface area (TPSA) is 79.5 Å². The van der Waals surface area contributed by atoms with Gasteiger partial charge in [-0.15, -0.1) is 0 Å². The Bertz CT molecular complexity index is 1130. The van der Waals surface area contributed by atoms with Gasteiger partial charge < -0.3 is 24.5 Å². The number of amides is 1. The number of halogens is 3. The minimum atomic E-state index is -5.08. The van der Waals surface area contributed by atoms with Gasteiger partial charge in [0.1, 0.15) is 5.69 Å². The zero-order valence-electron chi connectivity index (χ0n) is 20.2. The van der Waals surface area contributed by atoms with Crippen molar-refractivity contribution in [3.05, 3.63) is 36.0 Å². The molecule has 10 heteroatoms. The summed E-state index contributed by atoms with van der Waals surface area (Å²) in [5.74, 6) is -2.74. The second-order valence-electron chi connectivity index (χ2n) is 8.24. The van der Waals surface area contributed by atoms with Crippen molar-refractivity contribution in [1.29, 1.82) is 0 Å². The minimum Gasteiger partial charge on any atom is -0.475 e. The number of aromatic nitrogens is 2. The van der Waals surface area contributed by atoms with Crippen molar-refractivity contribution in [1.82, 2.24) is 19.4 Å². The van der Waals surface area contributed by atoms with Crippen molar-refractivity contribution >= 4 is 33.8 Å². The Morgan fingerprint density at radius 3 is 2.24 bits per heavy atom. The second kappa shape index (κ2) is 11.4. The van der Waals surface area contributed by atoms with Crippen LogP contribution in [0.5, 0.6) is 0 Å². The van der Waals surface area contributed by atoms with Gasteiger partial charge in [0, 0.05) is 25.0 Å². The van der Waals surface area contributed by atoms with Gasteiger partial charge in [-0.05, 0) is 52.0 Å². The number of aliphatic carboxylic acids is 1. The van der Waals surface area contributed by atoms with Crippen LogP contribution in [0.1, 0.15) is 50.6 Å². The lowest BCUT2D eigenvalue weighted by atomic mass is 10.2. The van der Waals surface area contributed by atoms with Gasteiger partial charge >= 0.3 is 12.1 Å². The van der Waals surface area contributed by atoms with E-state index < -0.39 is 12.1 Å². The predicted molar refractivity (Wildman–Crippen MR) is 127 cm³/mol. The smallest absolute Gasteiger partial charge is 0.475 e. The number of carboxylic acids is 1. The van der Waals surface area contributed by atoms with Crippen LogP contribution in [0.4, 0.5) is 13.2 Å². The molecule has 2 aromatic heterocycles. The molecule has 188 valence electrons. The molecular formula is C24H33F3N4O3. The fourth-order valence-electron chi connectivity index (χ4n) is 3.98. The van der Waals surface area contributed by atoms with Crippen LogP contribution in [0, 0.1) is 0 Å². The van der Waals surface area contributed by atoms with Crippen molar-refractivity contribution in [2.75, 3.05) is 26.2 Å². The Labute approximate surface area is 197 Å². The zero-order chi connectivity index (χ0) is 25.6. The van der Waals surface area contributed by atoms with Crippen LogP contribution in [-0.2, 0) is 11.8 Å². The summed E-state index contributed by atoms with van der Waals surface area (Å²) in [6, 6.07) is 10.6. The van der Waals surface area contributed by atoms with Crippen molar-refractivity contribution in [3.8, 4) is 0 Å². The van der Waals surface area contributed by atoms with Crippen molar-refractivity contribution in [3.63, 3.8) is 0 Å². The van der Waals surface area contributed by atoms with Crippen LogP contribution in [-0.4, -0.2) is 63.4 Å². The molecule has 0 aliphatic carbocycles. The van der Waals surface area contributed by atoms with E-state index in [1.54, 1.807) is 0 Å². The molecule has 0 radical (unpaired) electrons. The lowest BCUT2D eigenvalue weighted by Gasteiger charge is -2.18. The molecule has 3 rings (SSSR count). The number of nitrogens with one attached hydrogen (secondary N) is 1. The number of aryl methyl sites for hydroxylation is 1. The average Bonchev–Trinajstić information content (AvgIpc) is 3.30. The van der Waals surface area contributed by atoms with Crippen LogP contribution in [0.25, 0.3) is 21.9 Å². The summed E-state index contributed by atoms with van der Waals surface area (Å²) in [6.07, 6.45) is -4.11. The highest BCUT2D eigenvalue weighted by Gasteiger charge is 2.38. The molecule has 3 aromatic rings. The number of fused-ring (bicyclic) bond motifs is 3. The Kier molecular flexibility index (Phi) is 9.14. The van der Waals surface area contributed by atoms with E-state index in [1.807, 2.05) is 6.07 Å². The first-order chi connectivity index (χ1) is 15.9. The summed E-state index contributed by atoms with van der Waals surface area (Å²) in [5.41, 5.74) is 4.21. The highest BCUT2D eigenvalue weighted by Crippen LogP contribution is 2.33. The predicted octanol–water partition coefficient (Wildman–Crippen LogP) is 4.81. The van der Waals surface area contributed by atoms with Gasteiger partial charge in [0.2, 0.25) is 0 Å². The number of hydrogen-bond acceptors (Lipinski definition) is 3. The summed E-state index contributed by atoms with van der Waals surface area (Å²) >= 11 is 0. The van der Waals surface area contributed by atoms with E-state index in [0.717, 1.165) is 42.8 Å². The first-order valence-electron chi connectivity index (χ1n) is 11.3. The molecular weight excluding hydrogens is 449 g/mol. The summed E-state index contributed by atoms with van der Waals surface area (Å²) in [4.78, 5) is 24.2. The summed E-state index contributed by atoms with van der Waals surface area (Å²) < 4.78 is 36.1. The number of carboxylic acid groups (broad SMARTS) is 1. The molecule has 0 aliphatic heterocycles. The molecule has 0 saturated heterocycles. The fraction of sp³-hybridized carbons (Fsp3) is 0.500. The van der Waals surface area contributed by atoms with Crippen LogP contribution in [0.15, 0.2) is 30.3 Å². The molecule has 2 N–H and O–H groups in total. The number of carbonyl (C=O) groups excluding carboxylic acids is 1. The molecule has 34 heavy (non-hydrogen) atoms. The Morgan fingerprint density at radius 1 is 1.12 bits per heavy atom. The van der Waals surface area contributed by atoms with Crippen molar-refractivity contribution in [2.24, 2.45) is 7.05 Å². The van der Waals surface area contributed by atoms with E-state index >= 15 is 0 Å². The lowest BCUT2D eigenvalue weighted by Crippen LogP contribution is -2.31. The van der Waals surface area contributed by atoms with Crippen LogP contribution in [0.2, 0.25) is 0 Å². The molecule has 1 amide bonds. The highest BCUT2D eigenvalue weighted by molar-refractivity contribution is 6.10. The van der Waals surface area contributed by atoms with Crippen LogP contribution >= 0.6 is 0 Å². The monoisotopic (exact) mass is 482 g/mol. The number of alkyl halides is 3. The molecule has 0 unspecified atom stereocenters. The van der Waals surface area contributed by atoms with E-state index in [-0.39, 0.29) is 11.9 Å². The van der Waals surface area contributed by atoms with Gasteiger partial charge in [-0.1, -0.05) is 32.0 Å². The van der Waals surface area contributed by atoms with Crippen molar-refractivity contribution in [2.45, 2.75) is 46.3 Å². The molecule has 0 saturated carbocycles. The quantitative estimate of drug-likeness (QED) is 0.452. The highest BCUT2D eigenvalue weighted by atomic mass is 19.4. The van der Waals surface area contributed by atoms with Crippen molar-refractivity contribution < 1.29 is 27.9 Å². The Morgan fingerprint density at radius 2 is 1.71 bits per heavy atom. The fourth-order valence-corrected chi connectivity index (χ4v) is 3.98. The van der Waals surface area contributed by atoms with Gasteiger partial charge in [-0.3, -0.25) is 4.79 Å². The van der Waals surface area contributed by atoms with Gasteiger partial charge in [0.25, 0.3) is 5.91 Å². The van der Waals surface area contributed by atoms with Gasteiger partial charge in [-0.25, -0.2) is 4.79 Å². The van der Waals surface area contributed by atoms with E-state index in [0.29, 0.717) is 6.54 Å². The number of carbonyl (C=O) groups is 2. The third-order valence-electron chi connectivity index (χ3n) is 5.72. The third kappa shape index (κ3) is 6.11. The molecule has 0 aliphatic rings. The largest absolute Gasteiger partial charge is 0.490 e. The van der Waals surface area contributed by atoms with Crippen LogP contribution in [0.3, 0.4) is 0 Å². The molecule has 7 nitrogen and oxygen atoms in total. The van der Waals surface area contributed by atoms with E-state index in [4.69, 9.17) is 9.90 Å². The molecule has 2 heterocycles. The SMILES string of the molecule is CCN(CC)CCCNC(=O)c1cc2c(c3ccccc3n2C)n1C(C)C.O=C(O)C(F)(F)F. The molecule has 0 atom stereocenters. The average molecular weight is 483 g/mol. The van der Waals surface area contributed by atoms with Gasteiger partial charge in [-0.2, -0.15) is 13.2 Å². The minimum absolute atomic E-state index is 0.0172. The maximum absolute atomic E-state index is 12.9. The second-order valence-corrected chi connectivity index (χ2v) is 8.24. The Hall–Kier alpha value is -3.01. The summed E-state index contributed by atoms with van der Waals surface area (Å²) in [5, 5.41) is 11.4. The standard InChI is InChI=1S/C22H32N4O.C2HF3O2/c1-6-25(7-2)14-10-13-23-22(27)20-15-19-21(26(20)16(3)4)17-11-8-9-12-18(17)24(19)5;3-2(4,5)1(6)7/h8-9,11-12,15-16H,6-7,10,13-14H2,1-5H3,(H,23,27);(H,6,7). The summed E-state index contributed by atoms with van der Waals surface area (Å²) in [7, 11) is 2.07.